The van der Waals surface area contributed by atoms with Gasteiger partial charge in [0, 0.05) is 12.8 Å². The molecule has 0 aromatic rings. The minimum Gasteiger partial charge on any atom is -0.466 e. The van der Waals surface area contributed by atoms with Crippen molar-refractivity contribution < 1.29 is 19.1 Å². The van der Waals surface area contributed by atoms with E-state index in [-0.39, 0.29) is 25.6 Å². The van der Waals surface area contributed by atoms with Crippen molar-refractivity contribution in [1.29, 1.82) is 5.26 Å². The molecule has 0 spiro atoms. The van der Waals surface area contributed by atoms with E-state index >= 15 is 0 Å². The van der Waals surface area contributed by atoms with Gasteiger partial charge in [-0.15, -0.1) is 0 Å². The van der Waals surface area contributed by atoms with Crippen LogP contribution in [0.15, 0.2) is 0 Å². The molecule has 78 valence electrons. The third-order valence-corrected chi connectivity index (χ3v) is 1.33. The molecule has 0 rings (SSSR count). The lowest BCUT2D eigenvalue weighted by molar-refractivity contribution is -0.145. The average Bonchev–Trinajstić information content (AvgIpc) is 2.17. The van der Waals surface area contributed by atoms with Crippen LogP contribution in [0.3, 0.4) is 0 Å². The van der Waals surface area contributed by atoms with Crippen molar-refractivity contribution in [2.24, 2.45) is 0 Å². The zero-order chi connectivity index (χ0) is 10.8. The third kappa shape index (κ3) is 7.10. The molecule has 0 saturated carbocycles. The first-order valence-corrected chi connectivity index (χ1v) is 4.39. The number of carbonyl (C=O) groups is 2. The van der Waals surface area contributed by atoms with Gasteiger partial charge >= 0.3 is 11.9 Å². The lowest BCUT2D eigenvalue weighted by Crippen LogP contribution is -2.09. The molecule has 0 radical (unpaired) electrons. The smallest absolute Gasteiger partial charge is 0.320 e. The van der Waals surface area contributed by atoms with Crippen LogP contribution in [0.1, 0.15) is 26.2 Å². The Morgan fingerprint density at radius 2 is 1.79 bits per heavy atom. The van der Waals surface area contributed by atoms with Crippen molar-refractivity contribution in [3.63, 3.8) is 0 Å². The maximum atomic E-state index is 10.6. The molecule has 0 aliphatic carbocycles. The maximum absolute atomic E-state index is 10.6. The highest BCUT2D eigenvalue weighted by Crippen LogP contribution is 1.91. The van der Waals surface area contributed by atoms with E-state index in [1.54, 1.807) is 13.0 Å². The lowest BCUT2D eigenvalue weighted by atomic mass is 10.4. The number of nitriles is 1. The highest BCUT2D eigenvalue weighted by atomic mass is 16.5. The fourth-order valence-electron chi connectivity index (χ4n) is 0.649. The average molecular weight is 199 g/mol. The minimum absolute atomic E-state index is 0.178. The molecule has 0 N–H and O–H groups in total. The third-order valence-electron chi connectivity index (χ3n) is 1.33. The Morgan fingerprint density at radius 3 is 2.29 bits per heavy atom. The summed E-state index contributed by atoms with van der Waals surface area (Å²) in [6.07, 6.45) is 0.561. The molecule has 14 heavy (non-hydrogen) atoms. The molecular weight excluding hydrogens is 186 g/mol. The SMILES string of the molecule is CCC(=O)OCCCOC(=O)CC#N. The van der Waals surface area contributed by atoms with Crippen molar-refractivity contribution in [2.45, 2.75) is 26.2 Å². The van der Waals surface area contributed by atoms with Crippen LogP contribution in [0.4, 0.5) is 0 Å². The molecule has 0 aliphatic heterocycles. The van der Waals surface area contributed by atoms with E-state index in [0.29, 0.717) is 12.8 Å². The van der Waals surface area contributed by atoms with Gasteiger partial charge in [0.1, 0.15) is 6.42 Å². The van der Waals surface area contributed by atoms with Crippen molar-refractivity contribution in [3.8, 4) is 6.07 Å². The zero-order valence-electron chi connectivity index (χ0n) is 8.12. The summed E-state index contributed by atoms with van der Waals surface area (Å²) in [5.41, 5.74) is 0. The van der Waals surface area contributed by atoms with Gasteiger partial charge in [0.15, 0.2) is 0 Å². The number of hydrogen-bond donors (Lipinski definition) is 0. The van der Waals surface area contributed by atoms with E-state index in [1.165, 1.54) is 0 Å². The van der Waals surface area contributed by atoms with Crippen molar-refractivity contribution in [2.75, 3.05) is 13.2 Å². The van der Waals surface area contributed by atoms with Gasteiger partial charge in [-0.05, 0) is 0 Å². The van der Waals surface area contributed by atoms with Crippen molar-refractivity contribution in [1.82, 2.24) is 0 Å². The number of rotatable bonds is 6. The largest absolute Gasteiger partial charge is 0.466 e. The quantitative estimate of drug-likeness (QED) is 0.466. The van der Waals surface area contributed by atoms with Crippen LogP contribution in [-0.4, -0.2) is 25.2 Å². The van der Waals surface area contributed by atoms with E-state index in [1.807, 2.05) is 0 Å². The fraction of sp³-hybridized carbons (Fsp3) is 0.667. The summed E-state index contributed by atoms with van der Waals surface area (Å²) in [7, 11) is 0. The van der Waals surface area contributed by atoms with Crippen LogP contribution in [0.2, 0.25) is 0 Å². The minimum atomic E-state index is -0.547. The molecule has 5 nitrogen and oxygen atoms in total. The topological polar surface area (TPSA) is 76.4 Å². The molecule has 0 bridgehead atoms. The molecule has 0 saturated heterocycles. The normalized spacial score (nSPS) is 8.86. The zero-order valence-corrected chi connectivity index (χ0v) is 8.12. The predicted octanol–water partition coefficient (Wildman–Crippen LogP) is 0.787. The fourth-order valence-corrected chi connectivity index (χ4v) is 0.649. The summed E-state index contributed by atoms with van der Waals surface area (Å²) in [6.45, 7) is 2.12. The first-order valence-electron chi connectivity index (χ1n) is 4.39. The number of hydrogen-bond acceptors (Lipinski definition) is 5. The summed E-state index contributed by atoms with van der Waals surface area (Å²) in [5.74, 6) is -0.817. The van der Waals surface area contributed by atoms with E-state index in [9.17, 15) is 9.59 Å². The van der Waals surface area contributed by atoms with Crippen LogP contribution >= 0.6 is 0 Å². The van der Waals surface area contributed by atoms with Gasteiger partial charge in [-0.2, -0.15) is 5.26 Å². The Labute approximate surface area is 82.6 Å². The molecule has 0 unspecified atom stereocenters. The van der Waals surface area contributed by atoms with Gasteiger partial charge in [-0.3, -0.25) is 9.59 Å². The molecular formula is C9H13NO4. The van der Waals surface area contributed by atoms with Gasteiger partial charge < -0.3 is 9.47 Å². The van der Waals surface area contributed by atoms with Crippen LogP contribution in [0.5, 0.6) is 0 Å². The molecule has 5 heteroatoms. The van der Waals surface area contributed by atoms with E-state index in [0.717, 1.165) is 0 Å². The lowest BCUT2D eigenvalue weighted by Gasteiger charge is -2.03. The summed E-state index contributed by atoms with van der Waals surface area (Å²) in [4.78, 5) is 21.3. The first kappa shape index (κ1) is 12.4. The van der Waals surface area contributed by atoms with Gasteiger partial charge in [0.2, 0.25) is 0 Å². The Balaban J connectivity index is 3.26. The summed E-state index contributed by atoms with van der Waals surface area (Å²) in [6, 6.07) is 1.68. The van der Waals surface area contributed by atoms with Crippen LogP contribution in [0, 0.1) is 11.3 Å². The predicted molar refractivity (Wildman–Crippen MR) is 47.1 cm³/mol. The van der Waals surface area contributed by atoms with Crippen molar-refractivity contribution >= 4 is 11.9 Å². The maximum Gasteiger partial charge on any atom is 0.320 e. The van der Waals surface area contributed by atoms with E-state index in [4.69, 9.17) is 10.00 Å². The van der Waals surface area contributed by atoms with Gasteiger partial charge in [0.05, 0.1) is 19.3 Å². The van der Waals surface area contributed by atoms with E-state index in [2.05, 4.69) is 4.74 Å². The molecule has 0 amide bonds. The van der Waals surface area contributed by atoms with Gasteiger partial charge in [0.25, 0.3) is 0 Å². The second kappa shape index (κ2) is 8.05. The number of carbonyl (C=O) groups excluding carboxylic acids is 2. The van der Waals surface area contributed by atoms with Crippen LogP contribution in [0.25, 0.3) is 0 Å². The second-order valence-corrected chi connectivity index (χ2v) is 2.48. The van der Waals surface area contributed by atoms with Crippen molar-refractivity contribution in [3.05, 3.63) is 0 Å². The molecule has 0 fully saturated rings. The Bertz CT molecular complexity index is 231. The Morgan fingerprint density at radius 1 is 1.21 bits per heavy atom. The summed E-state index contributed by atoms with van der Waals surface area (Å²) < 4.78 is 9.38. The monoisotopic (exact) mass is 199 g/mol. The molecule has 0 heterocycles. The molecule has 0 aromatic carbocycles. The molecule has 0 aliphatic rings. The molecule has 0 aromatic heterocycles. The number of nitrogens with zero attached hydrogens (tertiary/aromatic N) is 1. The van der Waals surface area contributed by atoms with Crippen LogP contribution < -0.4 is 0 Å². The highest BCUT2D eigenvalue weighted by Gasteiger charge is 2.01. The summed E-state index contributed by atoms with van der Waals surface area (Å²) in [5, 5.41) is 8.12. The Hall–Kier alpha value is -1.57. The summed E-state index contributed by atoms with van der Waals surface area (Å²) >= 11 is 0. The highest BCUT2D eigenvalue weighted by molar-refractivity contribution is 5.71. The molecule has 0 atom stereocenters. The van der Waals surface area contributed by atoms with Gasteiger partial charge in [-0.1, -0.05) is 6.92 Å². The second-order valence-electron chi connectivity index (χ2n) is 2.48. The number of ether oxygens (including phenoxy) is 2. The first-order chi connectivity index (χ1) is 6.70. The van der Waals surface area contributed by atoms with E-state index < -0.39 is 5.97 Å². The number of esters is 2. The Kier molecular flexibility index (Phi) is 7.15. The van der Waals surface area contributed by atoms with Crippen LogP contribution in [-0.2, 0) is 19.1 Å². The van der Waals surface area contributed by atoms with Gasteiger partial charge in [-0.25, -0.2) is 0 Å². The standard InChI is InChI=1S/C9H13NO4/c1-2-8(11)13-6-3-7-14-9(12)4-5-10/h2-4,6-7H2,1H3.